The SMILES string of the molecule is CC/C=C/C/C=C/C/C=C/CCCCCCCC(=O)O[C@@H](COC(=O)CCC/C=C/C/C=C/C/C=C/C/C=C/CCCCCCCCC)COP(=O)(O)OCCN. The van der Waals surface area contributed by atoms with Gasteiger partial charge in [0, 0.05) is 19.4 Å². The van der Waals surface area contributed by atoms with Crippen molar-refractivity contribution in [2.45, 2.75) is 174 Å². The van der Waals surface area contributed by atoms with Crippen LogP contribution in [0.3, 0.4) is 0 Å². The molecule has 0 saturated heterocycles. The zero-order chi connectivity index (χ0) is 41.8. The summed E-state index contributed by atoms with van der Waals surface area (Å²) >= 11 is 0. The van der Waals surface area contributed by atoms with Crippen LogP contribution in [0.25, 0.3) is 0 Å². The summed E-state index contributed by atoms with van der Waals surface area (Å²) < 4.78 is 32.7. The predicted molar refractivity (Wildman–Crippen MR) is 238 cm³/mol. The number of nitrogens with two attached hydrogens (primary N) is 1. The average Bonchev–Trinajstić information content (AvgIpc) is 3.20. The van der Waals surface area contributed by atoms with E-state index in [1.807, 2.05) is 6.08 Å². The molecule has 0 spiro atoms. The minimum atomic E-state index is -4.40. The van der Waals surface area contributed by atoms with Crippen LogP contribution in [0.15, 0.2) is 85.1 Å². The molecule has 10 heteroatoms. The van der Waals surface area contributed by atoms with Crippen LogP contribution in [-0.4, -0.2) is 49.3 Å². The second-order valence-corrected chi connectivity index (χ2v) is 15.6. The predicted octanol–water partition coefficient (Wildman–Crippen LogP) is 12.8. The molecule has 2 atom stereocenters. The molecule has 0 aromatic rings. The number of carbonyl (C=O) groups excluding carboxylic acids is 2. The van der Waals surface area contributed by atoms with Gasteiger partial charge in [-0.05, 0) is 83.5 Å². The van der Waals surface area contributed by atoms with E-state index >= 15 is 0 Å². The van der Waals surface area contributed by atoms with E-state index in [0.29, 0.717) is 12.8 Å². The van der Waals surface area contributed by atoms with Crippen LogP contribution in [0.4, 0.5) is 0 Å². The maximum absolute atomic E-state index is 12.6. The lowest BCUT2D eigenvalue weighted by molar-refractivity contribution is -0.161. The molecule has 0 aliphatic heterocycles. The number of phosphoric ester groups is 1. The van der Waals surface area contributed by atoms with E-state index in [-0.39, 0.29) is 32.6 Å². The first-order valence-corrected chi connectivity index (χ1v) is 23.6. The fourth-order valence-electron chi connectivity index (χ4n) is 5.52. The van der Waals surface area contributed by atoms with E-state index in [0.717, 1.165) is 77.0 Å². The third kappa shape index (κ3) is 42.6. The number of rotatable bonds is 40. The molecule has 0 rings (SSSR count). The molecule has 326 valence electrons. The van der Waals surface area contributed by atoms with E-state index in [4.69, 9.17) is 24.3 Å². The number of hydrogen-bond acceptors (Lipinski definition) is 8. The molecular formula is C47H80NO8P. The average molecular weight is 818 g/mol. The lowest BCUT2D eigenvalue weighted by Gasteiger charge is -2.19. The molecule has 3 N–H and O–H groups in total. The summed E-state index contributed by atoms with van der Waals surface area (Å²) in [6.07, 6.45) is 53.4. The smallest absolute Gasteiger partial charge is 0.462 e. The number of carbonyl (C=O) groups is 2. The fraction of sp³-hybridized carbons (Fsp3) is 0.660. The van der Waals surface area contributed by atoms with Gasteiger partial charge in [0.05, 0.1) is 13.2 Å². The van der Waals surface area contributed by atoms with Crippen molar-refractivity contribution in [1.29, 1.82) is 0 Å². The highest BCUT2D eigenvalue weighted by Crippen LogP contribution is 2.43. The highest BCUT2D eigenvalue weighted by Gasteiger charge is 2.25. The molecule has 57 heavy (non-hydrogen) atoms. The molecule has 1 unspecified atom stereocenters. The Kier molecular flexibility index (Phi) is 40.7. The lowest BCUT2D eigenvalue weighted by atomic mass is 10.1. The molecule has 0 fully saturated rings. The third-order valence-corrected chi connectivity index (χ3v) is 9.75. The van der Waals surface area contributed by atoms with E-state index in [1.165, 1.54) is 51.4 Å². The topological polar surface area (TPSA) is 134 Å². The van der Waals surface area contributed by atoms with Crippen LogP contribution in [0.2, 0.25) is 0 Å². The minimum Gasteiger partial charge on any atom is -0.462 e. The van der Waals surface area contributed by atoms with Crippen molar-refractivity contribution in [1.82, 2.24) is 0 Å². The van der Waals surface area contributed by atoms with Crippen molar-refractivity contribution in [2.24, 2.45) is 5.73 Å². The van der Waals surface area contributed by atoms with Crippen molar-refractivity contribution in [3.63, 3.8) is 0 Å². The number of phosphoric acid groups is 1. The normalized spacial score (nSPS) is 14.1. The number of allylic oxidation sites excluding steroid dienone is 14. The molecule has 0 saturated carbocycles. The van der Waals surface area contributed by atoms with Crippen molar-refractivity contribution >= 4 is 19.8 Å². The molecule has 0 amide bonds. The molecule has 9 nitrogen and oxygen atoms in total. The van der Waals surface area contributed by atoms with Crippen LogP contribution in [0.1, 0.15) is 168 Å². The van der Waals surface area contributed by atoms with Crippen LogP contribution < -0.4 is 5.73 Å². The van der Waals surface area contributed by atoms with Crippen molar-refractivity contribution in [2.75, 3.05) is 26.4 Å². The first kappa shape index (κ1) is 54.2. The standard InChI is InChI=1S/C47H80NO8P/c1-3-5-7-9-11-13-15-17-19-20-21-22-23-24-26-27-29-31-33-35-37-39-46(49)53-43-45(44-55-57(51,52)54-42-41-48)56-47(50)40-38-36-34-32-30-28-25-18-16-14-12-10-8-6-4-2/h6,8,12,14,18-20,22-23,25-27,31,33,45H,3-5,7,9-11,13,15-17,21,24,28-30,32,34-44,48H2,1-2H3,(H,51,52)/b8-6+,14-12+,20-19+,23-22+,25-18+,27-26+,33-31+/t45-/m0/s1. The van der Waals surface area contributed by atoms with Crippen LogP contribution >= 0.6 is 7.82 Å². The number of hydrogen-bond donors (Lipinski definition) is 2. The highest BCUT2D eigenvalue weighted by atomic mass is 31.2. The molecule has 0 aromatic carbocycles. The first-order valence-electron chi connectivity index (χ1n) is 22.1. The van der Waals surface area contributed by atoms with Crippen LogP contribution in [-0.2, 0) is 32.7 Å². The maximum Gasteiger partial charge on any atom is 0.472 e. The maximum atomic E-state index is 12.6. The second kappa shape index (κ2) is 42.8. The van der Waals surface area contributed by atoms with E-state index < -0.39 is 32.5 Å². The van der Waals surface area contributed by atoms with E-state index in [9.17, 15) is 19.0 Å². The van der Waals surface area contributed by atoms with Crippen molar-refractivity contribution in [3.8, 4) is 0 Å². The summed E-state index contributed by atoms with van der Waals surface area (Å²) in [6, 6.07) is 0. The quantitative estimate of drug-likeness (QED) is 0.0268. The van der Waals surface area contributed by atoms with Gasteiger partial charge in [-0.25, -0.2) is 4.57 Å². The van der Waals surface area contributed by atoms with Gasteiger partial charge in [0.25, 0.3) is 0 Å². The Balaban J connectivity index is 4.27. The van der Waals surface area contributed by atoms with Gasteiger partial charge in [-0.15, -0.1) is 0 Å². The van der Waals surface area contributed by atoms with Gasteiger partial charge in [-0.1, -0.05) is 157 Å². The first-order chi connectivity index (χ1) is 27.8. The van der Waals surface area contributed by atoms with Gasteiger partial charge in [0.15, 0.2) is 6.10 Å². The molecule has 0 aliphatic rings. The summed E-state index contributed by atoms with van der Waals surface area (Å²) in [4.78, 5) is 34.8. The molecule has 0 heterocycles. The Morgan fingerprint density at radius 1 is 0.544 bits per heavy atom. The van der Waals surface area contributed by atoms with Gasteiger partial charge in [-0.3, -0.25) is 18.6 Å². The molecule has 0 radical (unpaired) electrons. The molecular weight excluding hydrogens is 737 g/mol. The lowest BCUT2D eigenvalue weighted by Crippen LogP contribution is -2.29. The van der Waals surface area contributed by atoms with Gasteiger partial charge in [0.2, 0.25) is 0 Å². The zero-order valence-corrected chi connectivity index (χ0v) is 36.7. The van der Waals surface area contributed by atoms with Gasteiger partial charge < -0.3 is 20.1 Å². The number of esters is 2. The monoisotopic (exact) mass is 818 g/mol. The van der Waals surface area contributed by atoms with Crippen molar-refractivity contribution < 1.29 is 37.6 Å². The summed E-state index contributed by atoms with van der Waals surface area (Å²) in [5, 5.41) is 0. The van der Waals surface area contributed by atoms with Gasteiger partial charge in [0.1, 0.15) is 6.61 Å². The Labute approximate surface area is 347 Å². The fourth-order valence-corrected chi connectivity index (χ4v) is 6.29. The van der Waals surface area contributed by atoms with Gasteiger partial charge in [-0.2, -0.15) is 0 Å². The largest absolute Gasteiger partial charge is 0.472 e. The van der Waals surface area contributed by atoms with Crippen LogP contribution in [0.5, 0.6) is 0 Å². The Morgan fingerprint density at radius 3 is 1.49 bits per heavy atom. The Hall–Kier alpha value is -2.81. The second-order valence-electron chi connectivity index (χ2n) is 14.2. The summed E-state index contributed by atoms with van der Waals surface area (Å²) in [7, 11) is -4.40. The van der Waals surface area contributed by atoms with Crippen molar-refractivity contribution in [3.05, 3.63) is 85.1 Å². The summed E-state index contributed by atoms with van der Waals surface area (Å²) in [5.74, 6) is -0.922. The van der Waals surface area contributed by atoms with E-state index in [2.05, 4.69) is 92.8 Å². The third-order valence-electron chi connectivity index (χ3n) is 8.77. The minimum absolute atomic E-state index is 0.0385. The highest BCUT2D eigenvalue weighted by molar-refractivity contribution is 7.47. The zero-order valence-electron chi connectivity index (χ0n) is 35.8. The summed E-state index contributed by atoms with van der Waals surface area (Å²) in [5.41, 5.74) is 5.34. The molecule has 0 bridgehead atoms. The molecule has 0 aliphatic carbocycles. The van der Waals surface area contributed by atoms with Crippen LogP contribution in [0, 0.1) is 0 Å². The van der Waals surface area contributed by atoms with Gasteiger partial charge >= 0.3 is 19.8 Å². The Morgan fingerprint density at radius 2 is 0.982 bits per heavy atom. The molecule has 0 aromatic heterocycles. The Bertz CT molecular complexity index is 1210. The number of unbranched alkanes of at least 4 members (excludes halogenated alkanes) is 13. The summed E-state index contributed by atoms with van der Waals surface area (Å²) in [6.45, 7) is 3.52. The van der Waals surface area contributed by atoms with E-state index in [1.54, 1.807) is 0 Å². The number of ether oxygens (including phenoxy) is 2.